The molecule has 0 aliphatic carbocycles. The van der Waals surface area contributed by atoms with E-state index < -0.39 is 0 Å². The van der Waals surface area contributed by atoms with E-state index >= 15 is 0 Å². The standard InChI is InChI=1S/C15H19ClN2O2.ClH/c1-20-14-5-2-9(16)6-13(14)15(19)18-12-7-10-3-4-11(8-12)17-10;/h2,5-6,10-12,17H,3-4,7-8H2,1H3,(H,18,19);1H. The third-order valence-corrected chi connectivity index (χ3v) is 4.45. The molecular weight excluding hydrogens is 311 g/mol. The number of piperidine rings is 1. The second-order valence-electron chi connectivity index (χ2n) is 5.62. The summed E-state index contributed by atoms with van der Waals surface area (Å²) in [6, 6.07) is 6.46. The summed E-state index contributed by atoms with van der Waals surface area (Å²) in [5.74, 6) is 0.458. The van der Waals surface area contributed by atoms with Crippen LogP contribution in [0.3, 0.4) is 0 Å². The van der Waals surface area contributed by atoms with Crippen molar-refractivity contribution in [3.05, 3.63) is 28.8 Å². The first-order valence-electron chi connectivity index (χ1n) is 7.06. The Bertz CT molecular complexity index is 512. The highest BCUT2D eigenvalue weighted by Crippen LogP contribution is 2.28. The number of hydrogen-bond donors (Lipinski definition) is 2. The molecule has 4 nitrogen and oxygen atoms in total. The molecule has 2 saturated heterocycles. The second kappa shape index (κ2) is 6.86. The molecular formula is C15H20Cl2N2O2. The predicted molar refractivity (Wildman–Crippen MR) is 85.7 cm³/mol. The maximum Gasteiger partial charge on any atom is 0.255 e. The van der Waals surface area contributed by atoms with Crippen molar-refractivity contribution in [3.63, 3.8) is 0 Å². The lowest BCUT2D eigenvalue weighted by molar-refractivity contribution is 0.0921. The van der Waals surface area contributed by atoms with Crippen molar-refractivity contribution in [1.82, 2.24) is 10.6 Å². The maximum atomic E-state index is 12.4. The average molecular weight is 331 g/mol. The molecule has 2 unspecified atom stereocenters. The van der Waals surface area contributed by atoms with Gasteiger partial charge in [-0.2, -0.15) is 0 Å². The highest BCUT2D eigenvalue weighted by atomic mass is 35.5. The number of carbonyl (C=O) groups excluding carboxylic acids is 1. The summed E-state index contributed by atoms with van der Waals surface area (Å²) in [5.41, 5.74) is 0.505. The SMILES string of the molecule is COc1ccc(Cl)cc1C(=O)NC1CC2CCC(C1)N2.Cl. The Balaban J connectivity index is 0.00000161. The number of benzene rings is 1. The number of amides is 1. The smallest absolute Gasteiger partial charge is 0.255 e. The van der Waals surface area contributed by atoms with Gasteiger partial charge < -0.3 is 15.4 Å². The minimum absolute atomic E-state index is 0. The number of methoxy groups -OCH3 is 1. The van der Waals surface area contributed by atoms with E-state index in [2.05, 4.69) is 10.6 Å². The molecule has 0 aromatic heterocycles. The van der Waals surface area contributed by atoms with Crippen LogP contribution in [0.4, 0.5) is 0 Å². The van der Waals surface area contributed by atoms with Crippen LogP contribution in [0.1, 0.15) is 36.0 Å². The molecule has 0 spiro atoms. The number of fused-ring (bicyclic) bond motifs is 2. The zero-order valence-corrected chi connectivity index (χ0v) is 13.5. The van der Waals surface area contributed by atoms with Crippen molar-refractivity contribution in [2.75, 3.05) is 7.11 Å². The molecule has 2 atom stereocenters. The van der Waals surface area contributed by atoms with Crippen molar-refractivity contribution in [2.45, 2.75) is 43.8 Å². The summed E-state index contributed by atoms with van der Waals surface area (Å²) in [4.78, 5) is 12.4. The van der Waals surface area contributed by atoms with Gasteiger partial charge in [-0.05, 0) is 43.9 Å². The Hall–Kier alpha value is -0.970. The molecule has 2 N–H and O–H groups in total. The number of ether oxygens (including phenoxy) is 1. The molecule has 1 aromatic rings. The number of nitrogens with one attached hydrogen (secondary N) is 2. The Kier molecular flexibility index (Phi) is 5.36. The van der Waals surface area contributed by atoms with Crippen molar-refractivity contribution in [2.24, 2.45) is 0 Å². The fourth-order valence-electron chi connectivity index (χ4n) is 3.30. The van der Waals surface area contributed by atoms with Crippen LogP contribution in [-0.4, -0.2) is 31.1 Å². The zero-order chi connectivity index (χ0) is 14.1. The Morgan fingerprint density at radius 3 is 2.62 bits per heavy atom. The number of carbonyl (C=O) groups is 1. The lowest BCUT2D eigenvalue weighted by Gasteiger charge is -2.29. The average Bonchev–Trinajstić information content (AvgIpc) is 2.78. The van der Waals surface area contributed by atoms with E-state index in [1.165, 1.54) is 12.8 Å². The molecule has 2 aliphatic rings. The van der Waals surface area contributed by atoms with Gasteiger partial charge in [0.2, 0.25) is 0 Å². The minimum atomic E-state index is -0.101. The molecule has 2 bridgehead atoms. The summed E-state index contributed by atoms with van der Waals surface area (Å²) in [7, 11) is 1.56. The second-order valence-corrected chi connectivity index (χ2v) is 6.06. The summed E-state index contributed by atoms with van der Waals surface area (Å²) in [6.45, 7) is 0. The normalized spacial score (nSPS) is 26.9. The number of halogens is 2. The predicted octanol–water partition coefficient (Wildman–Crippen LogP) is 2.78. The van der Waals surface area contributed by atoms with Crippen LogP contribution < -0.4 is 15.4 Å². The molecule has 21 heavy (non-hydrogen) atoms. The number of rotatable bonds is 3. The Labute approximate surface area is 136 Å². The molecule has 6 heteroatoms. The molecule has 2 aliphatic heterocycles. The van der Waals surface area contributed by atoms with Crippen molar-refractivity contribution < 1.29 is 9.53 Å². The minimum Gasteiger partial charge on any atom is -0.496 e. The molecule has 116 valence electrons. The fraction of sp³-hybridized carbons (Fsp3) is 0.533. The van der Waals surface area contributed by atoms with Gasteiger partial charge in [0.15, 0.2) is 0 Å². The van der Waals surface area contributed by atoms with Gasteiger partial charge in [-0.25, -0.2) is 0 Å². The van der Waals surface area contributed by atoms with Gasteiger partial charge in [0.1, 0.15) is 5.75 Å². The zero-order valence-electron chi connectivity index (χ0n) is 11.9. The van der Waals surface area contributed by atoms with Gasteiger partial charge in [0, 0.05) is 23.1 Å². The van der Waals surface area contributed by atoms with Gasteiger partial charge in [0.25, 0.3) is 5.91 Å². The molecule has 0 saturated carbocycles. The summed E-state index contributed by atoms with van der Waals surface area (Å²) in [6.07, 6.45) is 4.45. The van der Waals surface area contributed by atoms with E-state index in [9.17, 15) is 4.79 Å². The van der Waals surface area contributed by atoms with Gasteiger partial charge >= 0.3 is 0 Å². The van der Waals surface area contributed by atoms with Crippen molar-refractivity contribution >= 4 is 29.9 Å². The van der Waals surface area contributed by atoms with E-state index in [1.54, 1.807) is 25.3 Å². The van der Waals surface area contributed by atoms with Crippen LogP contribution in [0.5, 0.6) is 5.75 Å². The quantitative estimate of drug-likeness (QED) is 0.895. The largest absolute Gasteiger partial charge is 0.496 e. The number of hydrogen-bond acceptors (Lipinski definition) is 3. The first-order valence-corrected chi connectivity index (χ1v) is 7.44. The maximum absolute atomic E-state index is 12.4. The summed E-state index contributed by atoms with van der Waals surface area (Å²) < 4.78 is 5.23. The van der Waals surface area contributed by atoms with E-state index in [4.69, 9.17) is 16.3 Å². The molecule has 1 amide bonds. The molecule has 2 fully saturated rings. The van der Waals surface area contributed by atoms with E-state index in [1.807, 2.05) is 0 Å². The molecule has 3 rings (SSSR count). The molecule has 2 heterocycles. The van der Waals surface area contributed by atoms with Gasteiger partial charge in [0.05, 0.1) is 12.7 Å². The van der Waals surface area contributed by atoms with E-state index in [-0.39, 0.29) is 24.4 Å². The molecule has 0 radical (unpaired) electrons. The summed E-state index contributed by atoms with van der Waals surface area (Å²) in [5, 5.41) is 7.23. The summed E-state index contributed by atoms with van der Waals surface area (Å²) >= 11 is 5.97. The third-order valence-electron chi connectivity index (χ3n) is 4.21. The molecule has 1 aromatic carbocycles. The van der Waals surface area contributed by atoms with Crippen LogP contribution in [-0.2, 0) is 0 Å². The van der Waals surface area contributed by atoms with Crippen LogP contribution in [0.25, 0.3) is 0 Å². The van der Waals surface area contributed by atoms with E-state index in [0.717, 1.165) is 12.8 Å². The topological polar surface area (TPSA) is 50.4 Å². The monoisotopic (exact) mass is 330 g/mol. The van der Waals surface area contributed by atoms with E-state index in [0.29, 0.717) is 28.4 Å². The van der Waals surface area contributed by atoms with Gasteiger partial charge in [-0.1, -0.05) is 11.6 Å². The third kappa shape index (κ3) is 3.62. The first-order chi connectivity index (χ1) is 9.65. The van der Waals surface area contributed by atoms with Crippen LogP contribution in [0.15, 0.2) is 18.2 Å². The van der Waals surface area contributed by atoms with Crippen molar-refractivity contribution in [3.8, 4) is 5.75 Å². The van der Waals surface area contributed by atoms with Crippen LogP contribution in [0, 0.1) is 0 Å². The first kappa shape index (κ1) is 16.4. The lowest BCUT2D eigenvalue weighted by atomic mass is 9.99. The van der Waals surface area contributed by atoms with Crippen molar-refractivity contribution in [1.29, 1.82) is 0 Å². The van der Waals surface area contributed by atoms with Gasteiger partial charge in [-0.3, -0.25) is 4.79 Å². The van der Waals surface area contributed by atoms with Gasteiger partial charge in [-0.15, -0.1) is 12.4 Å². The van der Waals surface area contributed by atoms with Crippen LogP contribution in [0.2, 0.25) is 5.02 Å². The Morgan fingerprint density at radius 2 is 2.00 bits per heavy atom. The Morgan fingerprint density at radius 1 is 1.33 bits per heavy atom. The highest BCUT2D eigenvalue weighted by Gasteiger charge is 2.34. The highest BCUT2D eigenvalue weighted by molar-refractivity contribution is 6.31. The fourth-order valence-corrected chi connectivity index (χ4v) is 3.47. The van der Waals surface area contributed by atoms with Crippen LogP contribution >= 0.6 is 24.0 Å². The lowest BCUT2D eigenvalue weighted by Crippen LogP contribution is -2.48.